The number of pyridine rings is 1. The van der Waals surface area contributed by atoms with E-state index in [-0.39, 0.29) is 5.41 Å². The van der Waals surface area contributed by atoms with Gasteiger partial charge in [-0.3, -0.25) is 9.98 Å². The first-order chi connectivity index (χ1) is 11.0. The van der Waals surface area contributed by atoms with Crippen LogP contribution in [0.4, 0.5) is 5.69 Å². The first kappa shape index (κ1) is 15.2. The molecule has 3 nitrogen and oxygen atoms in total. The molecule has 3 aromatic rings. The van der Waals surface area contributed by atoms with E-state index in [1.165, 1.54) is 0 Å². The third kappa shape index (κ3) is 3.09. The van der Waals surface area contributed by atoms with E-state index < -0.39 is 0 Å². The van der Waals surface area contributed by atoms with Crippen molar-refractivity contribution < 1.29 is 5.11 Å². The summed E-state index contributed by atoms with van der Waals surface area (Å²) >= 11 is 0. The lowest BCUT2D eigenvalue weighted by Gasteiger charge is -2.21. The molecule has 0 saturated carbocycles. The number of phenolic OH excluding ortho intramolecular Hbond substituents is 1. The highest BCUT2D eigenvalue weighted by atomic mass is 16.3. The van der Waals surface area contributed by atoms with Gasteiger partial charge >= 0.3 is 0 Å². The van der Waals surface area contributed by atoms with Gasteiger partial charge < -0.3 is 5.11 Å². The highest BCUT2D eigenvalue weighted by Gasteiger charge is 2.19. The van der Waals surface area contributed by atoms with E-state index in [2.05, 4.69) is 30.7 Å². The minimum atomic E-state index is -0.114. The van der Waals surface area contributed by atoms with Gasteiger partial charge in [0.05, 0.1) is 5.69 Å². The summed E-state index contributed by atoms with van der Waals surface area (Å²) in [6, 6.07) is 13.7. The van der Waals surface area contributed by atoms with Crippen molar-refractivity contribution in [3.63, 3.8) is 0 Å². The average molecular weight is 304 g/mol. The fourth-order valence-corrected chi connectivity index (χ4v) is 2.62. The number of rotatable bonds is 2. The standard InChI is InChI=1S/C20H20N2O/c1-20(2,3)17-8-4-7-15(19(17)23)12-22-18-9-5-6-14-10-11-21-13-16(14)18/h4-13,23H,1-3H3. The van der Waals surface area contributed by atoms with Crippen molar-refractivity contribution >= 4 is 22.7 Å². The Morgan fingerprint density at radius 1 is 1.04 bits per heavy atom. The van der Waals surface area contributed by atoms with Gasteiger partial charge in [0.1, 0.15) is 5.75 Å². The van der Waals surface area contributed by atoms with Crippen molar-refractivity contribution in [2.75, 3.05) is 0 Å². The number of hydrogen-bond donors (Lipinski definition) is 1. The van der Waals surface area contributed by atoms with Crippen LogP contribution in [0.3, 0.4) is 0 Å². The number of phenols is 1. The lowest BCUT2D eigenvalue weighted by atomic mass is 9.85. The SMILES string of the molecule is CC(C)(C)c1cccc(C=Nc2cccc3ccncc23)c1O. The minimum Gasteiger partial charge on any atom is -0.507 e. The van der Waals surface area contributed by atoms with E-state index in [0.717, 1.165) is 27.6 Å². The maximum Gasteiger partial charge on any atom is 0.128 e. The maximum absolute atomic E-state index is 10.5. The molecule has 3 heteroatoms. The zero-order chi connectivity index (χ0) is 16.4. The second kappa shape index (κ2) is 5.84. The molecule has 0 unspecified atom stereocenters. The summed E-state index contributed by atoms with van der Waals surface area (Å²) in [5.74, 6) is 0.294. The van der Waals surface area contributed by atoms with E-state index in [1.54, 1.807) is 12.4 Å². The van der Waals surface area contributed by atoms with Crippen LogP contribution >= 0.6 is 0 Å². The zero-order valence-electron chi connectivity index (χ0n) is 13.6. The summed E-state index contributed by atoms with van der Waals surface area (Å²) < 4.78 is 0. The molecule has 0 aliphatic carbocycles. The summed E-state index contributed by atoms with van der Waals surface area (Å²) in [5, 5.41) is 12.6. The summed E-state index contributed by atoms with van der Waals surface area (Å²) in [4.78, 5) is 8.73. The van der Waals surface area contributed by atoms with Gasteiger partial charge in [-0.15, -0.1) is 0 Å². The summed E-state index contributed by atoms with van der Waals surface area (Å²) in [7, 11) is 0. The van der Waals surface area contributed by atoms with Gasteiger partial charge in [-0.25, -0.2) is 0 Å². The van der Waals surface area contributed by atoms with Crippen LogP contribution in [0.25, 0.3) is 10.8 Å². The topological polar surface area (TPSA) is 45.5 Å². The molecular formula is C20H20N2O. The first-order valence-electron chi connectivity index (χ1n) is 7.66. The van der Waals surface area contributed by atoms with Crippen LogP contribution in [0.2, 0.25) is 0 Å². The molecule has 0 aliphatic rings. The van der Waals surface area contributed by atoms with E-state index in [1.807, 2.05) is 48.7 Å². The number of para-hydroxylation sites is 1. The number of aromatic nitrogens is 1. The maximum atomic E-state index is 10.5. The van der Waals surface area contributed by atoms with Crippen LogP contribution in [-0.2, 0) is 5.41 Å². The summed E-state index contributed by atoms with van der Waals surface area (Å²) in [5.41, 5.74) is 2.37. The second-order valence-electron chi connectivity index (χ2n) is 6.63. The molecule has 2 aromatic carbocycles. The third-order valence-corrected chi connectivity index (χ3v) is 3.88. The lowest BCUT2D eigenvalue weighted by molar-refractivity contribution is 0.446. The zero-order valence-corrected chi connectivity index (χ0v) is 13.6. The van der Waals surface area contributed by atoms with E-state index >= 15 is 0 Å². The van der Waals surface area contributed by atoms with Crippen molar-refractivity contribution in [3.8, 4) is 5.75 Å². The molecule has 0 saturated heterocycles. The predicted octanol–water partition coefficient (Wildman–Crippen LogP) is 4.99. The van der Waals surface area contributed by atoms with E-state index in [0.29, 0.717) is 5.75 Å². The third-order valence-electron chi connectivity index (χ3n) is 3.88. The Hall–Kier alpha value is -2.68. The van der Waals surface area contributed by atoms with Gasteiger partial charge in [-0.2, -0.15) is 0 Å². The normalized spacial score (nSPS) is 12.1. The molecule has 1 heterocycles. The van der Waals surface area contributed by atoms with Gasteiger partial charge in [0.25, 0.3) is 0 Å². The Kier molecular flexibility index (Phi) is 3.87. The Morgan fingerprint density at radius 2 is 1.83 bits per heavy atom. The fraction of sp³-hybridized carbons (Fsp3) is 0.200. The molecule has 0 fully saturated rings. The fourth-order valence-electron chi connectivity index (χ4n) is 2.62. The first-order valence-corrected chi connectivity index (χ1v) is 7.66. The molecule has 116 valence electrons. The molecule has 0 spiro atoms. The highest BCUT2D eigenvalue weighted by Crippen LogP contribution is 2.33. The van der Waals surface area contributed by atoms with Crippen LogP contribution < -0.4 is 0 Å². The van der Waals surface area contributed by atoms with Gasteiger partial charge in [0.2, 0.25) is 0 Å². The average Bonchev–Trinajstić information content (AvgIpc) is 2.53. The molecule has 1 aromatic heterocycles. The van der Waals surface area contributed by atoms with Crippen LogP contribution in [0.15, 0.2) is 59.9 Å². The van der Waals surface area contributed by atoms with Crippen LogP contribution in [0.1, 0.15) is 31.9 Å². The van der Waals surface area contributed by atoms with Gasteiger partial charge in [-0.05, 0) is 34.6 Å². The predicted molar refractivity (Wildman–Crippen MR) is 95.8 cm³/mol. The molecule has 0 atom stereocenters. The van der Waals surface area contributed by atoms with Crippen molar-refractivity contribution in [2.45, 2.75) is 26.2 Å². The van der Waals surface area contributed by atoms with Gasteiger partial charge in [0, 0.05) is 29.6 Å². The molecule has 1 N–H and O–H groups in total. The number of aromatic hydroxyl groups is 1. The van der Waals surface area contributed by atoms with E-state index in [9.17, 15) is 5.11 Å². The number of nitrogens with zero attached hydrogens (tertiary/aromatic N) is 2. The Labute approximate surface area is 136 Å². The van der Waals surface area contributed by atoms with E-state index in [4.69, 9.17) is 0 Å². The molecule has 3 rings (SSSR count). The largest absolute Gasteiger partial charge is 0.507 e. The van der Waals surface area contributed by atoms with Crippen molar-refractivity contribution in [1.29, 1.82) is 0 Å². The molecular weight excluding hydrogens is 284 g/mol. The Balaban J connectivity index is 2.03. The molecule has 23 heavy (non-hydrogen) atoms. The number of benzene rings is 2. The second-order valence-corrected chi connectivity index (χ2v) is 6.63. The van der Waals surface area contributed by atoms with Crippen LogP contribution in [0, 0.1) is 0 Å². The Morgan fingerprint density at radius 3 is 2.61 bits per heavy atom. The summed E-state index contributed by atoms with van der Waals surface area (Å²) in [6.07, 6.45) is 5.30. The summed E-state index contributed by atoms with van der Waals surface area (Å²) in [6.45, 7) is 6.25. The Bertz CT molecular complexity index is 871. The molecule has 0 radical (unpaired) electrons. The molecule has 0 bridgehead atoms. The number of aliphatic imine (C=N–C) groups is 1. The lowest BCUT2D eigenvalue weighted by Crippen LogP contribution is -2.11. The quantitative estimate of drug-likeness (QED) is 0.678. The number of fused-ring (bicyclic) bond motifs is 1. The van der Waals surface area contributed by atoms with Crippen LogP contribution in [-0.4, -0.2) is 16.3 Å². The highest BCUT2D eigenvalue weighted by molar-refractivity contribution is 5.95. The van der Waals surface area contributed by atoms with Gasteiger partial charge in [0.15, 0.2) is 0 Å². The van der Waals surface area contributed by atoms with Crippen molar-refractivity contribution in [2.24, 2.45) is 4.99 Å². The van der Waals surface area contributed by atoms with Crippen LogP contribution in [0.5, 0.6) is 5.75 Å². The van der Waals surface area contributed by atoms with Crippen molar-refractivity contribution in [3.05, 3.63) is 66.0 Å². The van der Waals surface area contributed by atoms with Gasteiger partial charge in [-0.1, -0.05) is 45.0 Å². The minimum absolute atomic E-state index is 0.114. The number of hydrogen-bond acceptors (Lipinski definition) is 3. The monoisotopic (exact) mass is 304 g/mol. The smallest absolute Gasteiger partial charge is 0.128 e. The molecule has 0 aliphatic heterocycles. The van der Waals surface area contributed by atoms with Crippen molar-refractivity contribution in [1.82, 2.24) is 4.98 Å². The molecule has 0 amide bonds.